The Morgan fingerprint density at radius 3 is 1.78 bits per heavy atom. The van der Waals surface area contributed by atoms with Gasteiger partial charge in [0.1, 0.15) is 0 Å². The highest BCUT2D eigenvalue weighted by Gasteiger charge is 2.22. The number of hydrogen-bond acceptors (Lipinski definition) is 1. The number of allylic oxidation sites excluding steroid dienone is 1. The Kier molecular flexibility index (Phi) is 7.68. The molecule has 0 aliphatic heterocycles. The number of rotatable bonds is 7. The summed E-state index contributed by atoms with van der Waals surface area (Å²) in [5.74, 6) is 0. The molecule has 1 aliphatic rings. The number of aryl methyl sites for hydroxylation is 1. The molecule has 2 nitrogen and oxygen atoms in total. The van der Waals surface area contributed by atoms with Crippen molar-refractivity contribution in [1.82, 2.24) is 4.57 Å². The van der Waals surface area contributed by atoms with Crippen LogP contribution < -0.4 is 4.90 Å². The molecule has 0 saturated carbocycles. The molecule has 0 amide bonds. The monoisotopic (exact) mass is 640 g/mol. The normalized spacial score (nSPS) is 12.2. The largest absolute Gasteiger partial charge is 0.310 e. The molecule has 0 N–H and O–H groups in total. The first-order valence-electron chi connectivity index (χ1n) is 17.4. The van der Waals surface area contributed by atoms with Gasteiger partial charge >= 0.3 is 0 Å². The van der Waals surface area contributed by atoms with Crippen LogP contribution in [0.15, 0.2) is 188 Å². The molecule has 2 heteroatoms. The summed E-state index contributed by atoms with van der Waals surface area (Å²) in [5, 5.41) is 1.35. The zero-order valence-electron chi connectivity index (χ0n) is 27.8. The number of anilines is 3. The van der Waals surface area contributed by atoms with Crippen LogP contribution in [0.4, 0.5) is 17.1 Å². The van der Waals surface area contributed by atoms with Crippen molar-refractivity contribution in [3.8, 4) is 39.1 Å². The van der Waals surface area contributed by atoms with E-state index >= 15 is 0 Å². The van der Waals surface area contributed by atoms with Crippen molar-refractivity contribution in [1.29, 1.82) is 0 Å². The zero-order valence-corrected chi connectivity index (χ0v) is 27.8. The van der Waals surface area contributed by atoms with Gasteiger partial charge in [-0.2, -0.15) is 0 Å². The van der Waals surface area contributed by atoms with Gasteiger partial charge in [-0.1, -0.05) is 127 Å². The molecule has 1 aromatic heterocycles. The van der Waals surface area contributed by atoms with E-state index in [-0.39, 0.29) is 0 Å². The summed E-state index contributed by atoms with van der Waals surface area (Å²) in [4.78, 5) is 2.36. The predicted octanol–water partition coefficient (Wildman–Crippen LogP) is 13.1. The Morgan fingerprint density at radius 2 is 1.02 bits per heavy atom. The summed E-state index contributed by atoms with van der Waals surface area (Å²) in [5.41, 5.74) is 15.9. The second-order valence-electron chi connectivity index (χ2n) is 12.9. The lowest BCUT2D eigenvalue weighted by molar-refractivity contribution is 0.968. The zero-order chi connectivity index (χ0) is 33.3. The maximum atomic E-state index is 2.43. The van der Waals surface area contributed by atoms with Crippen LogP contribution in [0.2, 0.25) is 0 Å². The molecule has 0 radical (unpaired) electrons. The minimum Gasteiger partial charge on any atom is -0.310 e. The fourth-order valence-electron chi connectivity index (χ4n) is 7.53. The summed E-state index contributed by atoms with van der Waals surface area (Å²) in [6.45, 7) is 0. The lowest BCUT2D eigenvalue weighted by atomic mass is 9.94. The topological polar surface area (TPSA) is 8.17 Å². The summed E-state index contributed by atoms with van der Waals surface area (Å²) < 4.78 is 2.43. The smallest absolute Gasteiger partial charge is 0.0543 e. The summed E-state index contributed by atoms with van der Waals surface area (Å²) in [6.07, 6.45) is 6.72. The third-order valence-electron chi connectivity index (χ3n) is 9.84. The first-order chi connectivity index (χ1) is 24.8. The highest BCUT2D eigenvalue weighted by atomic mass is 15.1. The van der Waals surface area contributed by atoms with E-state index in [0.29, 0.717) is 0 Å². The van der Waals surface area contributed by atoms with Crippen molar-refractivity contribution in [2.24, 2.45) is 0 Å². The molecule has 7 aromatic carbocycles. The van der Waals surface area contributed by atoms with Gasteiger partial charge in [-0.3, -0.25) is 0 Å². The van der Waals surface area contributed by atoms with Gasteiger partial charge in [0, 0.05) is 33.8 Å². The Labute approximate surface area is 293 Å². The molecule has 1 heterocycles. The first-order valence-corrected chi connectivity index (χ1v) is 17.4. The van der Waals surface area contributed by atoms with E-state index < -0.39 is 0 Å². The Balaban J connectivity index is 1.14. The Morgan fingerprint density at radius 1 is 0.440 bits per heavy atom. The average Bonchev–Trinajstić information content (AvgIpc) is 3.54. The van der Waals surface area contributed by atoms with E-state index in [1.807, 2.05) is 0 Å². The van der Waals surface area contributed by atoms with E-state index in [4.69, 9.17) is 0 Å². The highest BCUT2D eigenvalue weighted by Crippen LogP contribution is 2.42. The molecule has 0 saturated heterocycles. The molecule has 0 bridgehead atoms. The van der Waals surface area contributed by atoms with Gasteiger partial charge in [0.2, 0.25) is 0 Å². The number of nitrogens with zero attached hydrogens (tertiary/aromatic N) is 2. The quantitative estimate of drug-likeness (QED) is 0.168. The number of para-hydroxylation sites is 2. The van der Waals surface area contributed by atoms with Crippen molar-refractivity contribution < 1.29 is 0 Å². The average molecular weight is 641 g/mol. The molecular formula is C48H36N2. The molecular weight excluding hydrogens is 605 g/mol. The fraction of sp³-hybridized carbons (Fsp3) is 0.0417. The second kappa shape index (κ2) is 12.9. The van der Waals surface area contributed by atoms with Crippen LogP contribution in [0.5, 0.6) is 0 Å². The van der Waals surface area contributed by atoms with Crippen molar-refractivity contribution in [3.05, 3.63) is 199 Å². The minimum atomic E-state index is 1.04. The van der Waals surface area contributed by atoms with E-state index in [1.165, 1.54) is 61.2 Å². The molecule has 0 fully saturated rings. The van der Waals surface area contributed by atoms with Crippen molar-refractivity contribution in [2.75, 3.05) is 4.90 Å². The number of fused-ring (bicyclic) bond motifs is 3. The summed E-state index contributed by atoms with van der Waals surface area (Å²) >= 11 is 0. The number of benzene rings is 7. The van der Waals surface area contributed by atoms with Gasteiger partial charge in [-0.15, -0.1) is 0 Å². The second-order valence-corrected chi connectivity index (χ2v) is 12.9. The van der Waals surface area contributed by atoms with Crippen LogP contribution in [0.1, 0.15) is 17.7 Å². The summed E-state index contributed by atoms with van der Waals surface area (Å²) in [6, 6.07) is 65.6. The maximum Gasteiger partial charge on any atom is 0.0543 e. The van der Waals surface area contributed by atoms with Crippen LogP contribution in [0.3, 0.4) is 0 Å². The van der Waals surface area contributed by atoms with Crippen LogP contribution in [0.25, 0.3) is 56.0 Å². The predicted molar refractivity (Wildman–Crippen MR) is 212 cm³/mol. The van der Waals surface area contributed by atoms with Gasteiger partial charge < -0.3 is 9.47 Å². The van der Waals surface area contributed by atoms with Gasteiger partial charge in [0.05, 0.1) is 5.52 Å². The third-order valence-corrected chi connectivity index (χ3v) is 9.84. The molecule has 0 atom stereocenters. The number of aromatic nitrogens is 1. The van der Waals surface area contributed by atoms with Crippen LogP contribution >= 0.6 is 0 Å². The van der Waals surface area contributed by atoms with Gasteiger partial charge in [-0.25, -0.2) is 0 Å². The van der Waals surface area contributed by atoms with Gasteiger partial charge in [-0.05, 0) is 119 Å². The van der Waals surface area contributed by atoms with E-state index in [0.717, 1.165) is 29.9 Å². The Bertz CT molecular complexity index is 2460. The summed E-state index contributed by atoms with van der Waals surface area (Å²) in [7, 11) is 0. The molecule has 50 heavy (non-hydrogen) atoms. The van der Waals surface area contributed by atoms with Crippen LogP contribution in [-0.4, -0.2) is 4.57 Å². The SMILES string of the molecule is C1=Cc2c(c3c(-c4cccc(N(c5ccccc5)c5ccc(-c6cccc(-c7ccccc7)c6)cc5)c4)cccc3n2-c2ccccc2)CC1. The van der Waals surface area contributed by atoms with E-state index in [2.05, 4.69) is 204 Å². The first kappa shape index (κ1) is 29.7. The third kappa shape index (κ3) is 5.41. The van der Waals surface area contributed by atoms with E-state index in [9.17, 15) is 0 Å². The lowest BCUT2D eigenvalue weighted by Gasteiger charge is -2.26. The highest BCUT2D eigenvalue weighted by molar-refractivity contribution is 6.02. The van der Waals surface area contributed by atoms with Crippen LogP contribution in [0, 0.1) is 0 Å². The molecule has 0 unspecified atom stereocenters. The van der Waals surface area contributed by atoms with Crippen LogP contribution in [-0.2, 0) is 6.42 Å². The Hall–Kier alpha value is -6.38. The van der Waals surface area contributed by atoms with Crippen molar-refractivity contribution in [3.63, 3.8) is 0 Å². The fourth-order valence-corrected chi connectivity index (χ4v) is 7.53. The molecule has 238 valence electrons. The van der Waals surface area contributed by atoms with Crippen molar-refractivity contribution in [2.45, 2.75) is 12.8 Å². The molecule has 1 aliphatic carbocycles. The maximum absolute atomic E-state index is 2.43. The molecule has 0 spiro atoms. The number of hydrogen-bond donors (Lipinski definition) is 0. The standard InChI is InChI=1S/C48H36N2/c1-4-15-35(16-5-1)37-17-12-18-38(33-37)36-29-31-42(32-30-36)49(40-20-6-2-7-21-40)43-24-13-19-39(34-43)44-26-14-28-47-48(44)45-25-10-11-27-46(45)50(47)41-22-8-3-9-23-41/h1-9,11-24,26-34H,10,25H2. The van der Waals surface area contributed by atoms with Crippen molar-refractivity contribution >= 4 is 34.0 Å². The molecule has 8 aromatic rings. The van der Waals surface area contributed by atoms with E-state index in [1.54, 1.807) is 0 Å². The van der Waals surface area contributed by atoms with Gasteiger partial charge in [0.25, 0.3) is 0 Å². The van der Waals surface area contributed by atoms with Gasteiger partial charge in [0.15, 0.2) is 0 Å². The minimum absolute atomic E-state index is 1.04. The molecule has 9 rings (SSSR count). The lowest BCUT2D eigenvalue weighted by Crippen LogP contribution is -2.09.